The molecule has 0 fully saturated rings. The smallest absolute Gasteiger partial charge is 0.0291 e. The van der Waals surface area contributed by atoms with Gasteiger partial charge < -0.3 is 5.32 Å². The molecule has 0 aliphatic heterocycles. The van der Waals surface area contributed by atoms with Gasteiger partial charge in [0.25, 0.3) is 0 Å². The monoisotopic (exact) mass is 177 g/mol. The van der Waals surface area contributed by atoms with Gasteiger partial charge in [-0.2, -0.15) is 0 Å². The predicted molar refractivity (Wildman–Crippen MR) is 57.8 cm³/mol. The third-order valence-corrected chi connectivity index (χ3v) is 2.28. The van der Waals surface area contributed by atoms with Gasteiger partial charge in [0.05, 0.1) is 0 Å². The van der Waals surface area contributed by atoms with Gasteiger partial charge in [-0.15, -0.1) is 0 Å². The summed E-state index contributed by atoms with van der Waals surface area (Å²) < 4.78 is 0. The van der Waals surface area contributed by atoms with Gasteiger partial charge in [-0.05, 0) is 25.5 Å². The summed E-state index contributed by atoms with van der Waals surface area (Å²) in [6.45, 7) is 5.55. The van der Waals surface area contributed by atoms with Crippen molar-refractivity contribution in [3.8, 4) is 0 Å². The molecule has 1 aromatic carbocycles. The molecule has 0 saturated heterocycles. The molecule has 0 radical (unpaired) electrons. The largest absolute Gasteiger partial charge is 0.310 e. The minimum Gasteiger partial charge on any atom is -0.310 e. The Kier molecular flexibility index (Phi) is 4.55. The van der Waals surface area contributed by atoms with Gasteiger partial charge >= 0.3 is 0 Å². The molecule has 0 amide bonds. The van der Waals surface area contributed by atoms with Crippen molar-refractivity contribution in [1.82, 2.24) is 5.32 Å². The second-order valence-electron chi connectivity index (χ2n) is 3.44. The summed E-state index contributed by atoms with van der Waals surface area (Å²) in [5.41, 5.74) is 1.37. The molecule has 0 unspecified atom stereocenters. The lowest BCUT2D eigenvalue weighted by molar-refractivity contribution is 0.554. The minimum absolute atomic E-state index is 0.479. The van der Waals surface area contributed by atoms with Gasteiger partial charge in [-0.3, -0.25) is 0 Å². The highest BCUT2D eigenvalue weighted by Crippen LogP contribution is 2.10. The van der Waals surface area contributed by atoms with Crippen molar-refractivity contribution in [3.05, 3.63) is 35.9 Å². The lowest BCUT2D eigenvalue weighted by Gasteiger charge is -2.13. The molecular weight excluding hydrogens is 158 g/mol. The molecule has 1 N–H and O–H groups in total. The van der Waals surface area contributed by atoms with E-state index in [9.17, 15) is 0 Å². The van der Waals surface area contributed by atoms with Crippen molar-refractivity contribution in [2.45, 2.75) is 32.7 Å². The highest BCUT2D eigenvalue weighted by molar-refractivity contribution is 5.17. The van der Waals surface area contributed by atoms with Crippen LogP contribution in [0.5, 0.6) is 0 Å². The van der Waals surface area contributed by atoms with Crippen LogP contribution in [0.15, 0.2) is 30.3 Å². The van der Waals surface area contributed by atoms with Gasteiger partial charge in [0.1, 0.15) is 0 Å². The normalized spacial score (nSPS) is 12.8. The summed E-state index contributed by atoms with van der Waals surface area (Å²) in [4.78, 5) is 0. The number of unbranched alkanes of at least 4 members (excludes halogenated alkanes) is 1. The molecule has 1 aromatic rings. The van der Waals surface area contributed by atoms with Crippen LogP contribution in [0.3, 0.4) is 0 Å². The maximum absolute atomic E-state index is 3.50. The number of rotatable bonds is 5. The fourth-order valence-electron chi connectivity index (χ4n) is 1.35. The molecule has 0 aliphatic rings. The SMILES string of the molecule is CCCCN[C@H](C)c1ccccc1. The number of nitrogens with one attached hydrogen (secondary N) is 1. The lowest BCUT2D eigenvalue weighted by atomic mass is 10.1. The molecule has 0 heterocycles. The van der Waals surface area contributed by atoms with Crippen molar-refractivity contribution in [1.29, 1.82) is 0 Å². The minimum atomic E-state index is 0.479. The van der Waals surface area contributed by atoms with Gasteiger partial charge in [0, 0.05) is 6.04 Å². The van der Waals surface area contributed by atoms with Crippen molar-refractivity contribution in [3.63, 3.8) is 0 Å². The van der Waals surface area contributed by atoms with Crippen LogP contribution >= 0.6 is 0 Å². The van der Waals surface area contributed by atoms with Crippen molar-refractivity contribution < 1.29 is 0 Å². The Morgan fingerprint density at radius 3 is 2.54 bits per heavy atom. The molecule has 1 atom stereocenters. The third kappa shape index (κ3) is 3.60. The Morgan fingerprint density at radius 1 is 1.23 bits per heavy atom. The standard InChI is InChI=1S/C12H19N/c1-3-4-10-13-11(2)12-8-6-5-7-9-12/h5-9,11,13H,3-4,10H2,1-2H3/t11-/m1/s1. The van der Waals surface area contributed by atoms with E-state index in [4.69, 9.17) is 0 Å². The summed E-state index contributed by atoms with van der Waals surface area (Å²) in [6, 6.07) is 11.1. The second kappa shape index (κ2) is 5.76. The number of benzene rings is 1. The van der Waals surface area contributed by atoms with E-state index in [1.807, 2.05) is 0 Å². The van der Waals surface area contributed by atoms with E-state index in [1.54, 1.807) is 0 Å². The van der Waals surface area contributed by atoms with E-state index < -0.39 is 0 Å². The average molecular weight is 177 g/mol. The molecule has 0 aliphatic carbocycles. The first-order chi connectivity index (χ1) is 6.34. The summed E-state index contributed by atoms with van der Waals surface area (Å²) >= 11 is 0. The van der Waals surface area contributed by atoms with E-state index in [2.05, 4.69) is 49.5 Å². The van der Waals surface area contributed by atoms with Crippen LogP contribution in [0.2, 0.25) is 0 Å². The van der Waals surface area contributed by atoms with Gasteiger partial charge in [0.2, 0.25) is 0 Å². The Bertz CT molecular complexity index is 218. The molecule has 0 spiro atoms. The lowest BCUT2D eigenvalue weighted by Crippen LogP contribution is -2.19. The van der Waals surface area contributed by atoms with Gasteiger partial charge in [-0.1, -0.05) is 43.7 Å². The topological polar surface area (TPSA) is 12.0 Å². The first-order valence-corrected chi connectivity index (χ1v) is 5.13. The van der Waals surface area contributed by atoms with Crippen LogP contribution < -0.4 is 5.32 Å². The van der Waals surface area contributed by atoms with Crippen molar-refractivity contribution in [2.75, 3.05) is 6.54 Å². The molecular formula is C12H19N. The van der Waals surface area contributed by atoms with Crippen LogP contribution in [0.4, 0.5) is 0 Å². The zero-order valence-electron chi connectivity index (χ0n) is 8.59. The highest BCUT2D eigenvalue weighted by Gasteiger charge is 2.01. The molecule has 13 heavy (non-hydrogen) atoms. The van der Waals surface area contributed by atoms with Crippen LogP contribution in [0.25, 0.3) is 0 Å². The van der Waals surface area contributed by atoms with E-state index in [0.29, 0.717) is 6.04 Å². The van der Waals surface area contributed by atoms with E-state index >= 15 is 0 Å². The first kappa shape index (κ1) is 10.3. The second-order valence-corrected chi connectivity index (χ2v) is 3.44. The van der Waals surface area contributed by atoms with Crippen molar-refractivity contribution in [2.24, 2.45) is 0 Å². The third-order valence-electron chi connectivity index (χ3n) is 2.28. The Morgan fingerprint density at radius 2 is 1.92 bits per heavy atom. The maximum atomic E-state index is 3.50. The molecule has 0 saturated carbocycles. The summed E-state index contributed by atoms with van der Waals surface area (Å²) in [5.74, 6) is 0. The van der Waals surface area contributed by atoms with Gasteiger partial charge in [0.15, 0.2) is 0 Å². The summed E-state index contributed by atoms with van der Waals surface area (Å²) in [6.07, 6.45) is 2.52. The summed E-state index contributed by atoms with van der Waals surface area (Å²) in [7, 11) is 0. The van der Waals surface area contributed by atoms with Crippen LogP contribution in [0, 0.1) is 0 Å². The zero-order chi connectivity index (χ0) is 9.52. The number of hydrogen-bond acceptors (Lipinski definition) is 1. The van der Waals surface area contributed by atoms with E-state index in [-0.39, 0.29) is 0 Å². The van der Waals surface area contributed by atoms with Crippen molar-refractivity contribution >= 4 is 0 Å². The zero-order valence-corrected chi connectivity index (χ0v) is 8.59. The fraction of sp³-hybridized carbons (Fsp3) is 0.500. The molecule has 72 valence electrons. The molecule has 0 bridgehead atoms. The Hall–Kier alpha value is -0.820. The van der Waals surface area contributed by atoms with Crippen LogP contribution in [-0.2, 0) is 0 Å². The molecule has 1 nitrogen and oxygen atoms in total. The van der Waals surface area contributed by atoms with Gasteiger partial charge in [-0.25, -0.2) is 0 Å². The maximum Gasteiger partial charge on any atom is 0.0291 e. The predicted octanol–water partition coefficient (Wildman–Crippen LogP) is 3.14. The highest BCUT2D eigenvalue weighted by atomic mass is 14.9. The Balaban J connectivity index is 2.35. The average Bonchev–Trinajstić information content (AvgIpc) is 2.19. The molecule has 1 rings (SSSR count). The van der Waals surface area contributed by atoms with E-state index in [1.165, 1.54) is 18.4 Å². The fourth-order valence-corrected chi connectivity index (χ4v) is 1.35. The van der Waals surface area contributed by atoms with E-state index in [0.717, 1.165) is 6.54 Å². The number of hydrogen-bond donors (Lipinski definition) is 1. The quantitative estimate of drug-likeness (QED) is 0.681. The van der Waals surface area contributed by atoms with Crippen LogP contribution in [-0.4, -0.2) is 6.54 Å². The molecule has 0 aromatic heterocycles. The Labute approximate surface area is 81.2 Å². The van der Waals surface area contributed by atoms with Crippen LogP contribution in [0.1, 0.15) is 38.3 Å². The summed E-state index contributed by atoms with van der Waals surface area (Å²) in [5, 5.41) is 3.50. The molecule has 1 heteroatoms. The first-order valence-electron chi connectivity index (χ1n) is 5.13.